The van der Waals surface area contributed by atoms with E-state index in [1.165, 1.54) is 114 Å². The highest BCUT2D eigenvalue weighted by atomic mass is 15.0. The van der Waals surface area contributed by atoms with Crippen LogP contribution in [0, 0.1) is 13.1 Å². The van der Waals surface area contributed by atoms with Crippen LogP contribution in [-0.4, -0.2) is 29.1 Å². The molecule has 0 bridgehead atoms. The van der Waals surface area contributed by atoms with Gasteiger partial charge in [-0.1, -0.05) is 182 Å². The van der Waals surface area contributed by atoms with E-state index in [9.17, 15) is 0 Å². The average molecular weight is 1450 g/mol. The molecule has 8 heteroatoms. The molecule has 0 aliphatic rings. The zero-order valence-electron chi connectivity index (χ0n) is 61.2. The fraction of sp³-hybridized carbons (Fsp3) is 0. The SMILES string of the molecule is [C-]#[N+]c1cc2ccc3cc(-c4cc5ccc6cc(-c7cc(-c8ccccn8)cc(-c8ccccn8)c7)cc7ccc(c4)c5c67)cc4c3c2c(c1)n4-c1ccccc1.[C-]#[N+]c1cc2ccc3cc(-c4cc5ccc6cc(-c7nc(-c8ccccc8)cc(-c8ccccc8)n7)cc7ccc(c4)c5c67)cc4c3c2c(c1)n4-c1ccccc1. The van der Waals surface area contributed by atoms with E-state index in [1.807, 2.05) is 79.1 Å². The fourth-order valence-corrected chi connectivity index (χ4v) is 18.2. The first-order valence-corrected chi connectivity index (χ1v) is 38.3. The Hall–Kier alpha value is -15.7. The number of aromatic nitrogens is 6. The number of pyridine rings is 2. The fourth-order valence-electron chi connectivity index (χ4n) is 18.2. The normalized spacial score (nSPS) is 11.8. The first-order valence-electron chi connectivity index (χ1n) is 38.3. The quantitative estimate of drug-likeness (QED) is 0.101. The van der Waals surface area contributed by atoms with Crippen LogP contribution >= 0.6 is 0 Å². The van der Waals surface area contributed by atoms with Gasteiger partial charge in [-0.15, -0.1) is 0 Å². The molecule has 0 unspecified atom stereocenters. The molecule has 0 fully saturated rings. The van der Waals surface area contributed by atoms with Gasteiger partial charge in [0.1, 0.15) is 0 Å². The molecule has 0 N–H and O–H groups in total. The minimum Gasteiger partial charge on any atom is -0.310 e. The lowest BCUT2D eigenvalue weighted by molar-refractivity contribution is 1.18. The Morgan fingerprint density at radius 1 is 0.202 bits per heavy atom. The summed E-state index contributed by atoms with van der Waals surface area (Å²) in [6.45, 7) is 15.7. The Kier molecular flexibility index (Phi) is 14.3. The van der Waals surface area contributed by atoms with E-state index in [-0.39, 0.29) is 0 Å². The first kappa shape index (κ1) is 64.3. The van der Waals surface area contributed by atoms with Crippen LogP contribution in [0.5, 0.6) is 0 Å². The van der Waals surface area contributed by atoms with Crippen molar-refractivity contribution < 1.29 is 0 Å². The molecule has 24 aromatic rings. The molecular formula is C106H60N8. The summed E-state index contributed by atoms with van der Waals surface area (Å²) in [5.74, 6) is 0.710. The van der Waals surface area contributed by atoms with E-state index in [4.69, 9.17) is 23.1 Å². The van der Waals surface area contributed by atoms with Crippen molar-refractivity contribution in [3.05, 3.63) is 387 Å². The molecule has 24 rings (SSSR count). The molecule has 0 spiro atoms. The highest BCUT2D eigenvalue weighted by Crippen LogP contribution is 2.49. The Balaban J connectivity index is 0.000000135. The van der Waals surface area contributed by atoms with E-state index < -0.39 is 0 Å². The minimum absolute atomic E-state index is 0.648. The Morgan fingerprint density at radius 3 is 0.798 bits per heavy atom. The predicted octanol–water partition coefficient (Wildman–Crippen LogP) is 28.6. The molecule has 0 radical (unpaired) electrons. The van der Waals surface area contributed by atoms with Crippen LogP contribution in [0.4, 0.5) is 11.4 Å². The summed E-state index contributed by atoms with van der Waals surface area (Å²) < 4.78 is 4.66. The van der Waals surface area contributed by atoms with Crippen LogP contribution in [-0.2, 0) is 0 Å². The molecule has 0 aliphatic heterocycles. The van der Waals surface area contributed by atoms with Crippen molar-refractivity contribution in [2.75, 3.05) is 0 Å². The molecule has 0 amide bonds. The van der Waals surface area contributed by atoms with Gasteiger partial charge in [0.25, 0.3) is 0 Å². The summed E-state index contributed by atoms with van der Waals surface area (Å²) in [7, 11) is 0. The second kappa shape index (κ2) is 25.4. The summed E-state index contributed by atoms with van der Waals surface area (Å²) >= 11 is 0. The van der Waals surface area contributed by atoms with E-state index in [0.29, 0.717) is 17.2 Å². The topological polar surface area (TPSA) is 70.1 Å². The third kappa shape index (κ3) is 10.4. The highest BCUT2D eigenvalue weighted by Gasteiger charge is 2.24. The van der Waals surface area contributed by atoms with Crippen molar-refractivity contribution in [2.24, 2.45) is 0 Å². The standard InChI is InChI=1S/2C53H30N4/c1-54-43-28-39-22-21-38-25-41(29-47-51(38)52(39)48(30-43)57(47)44-15-9-4-10-16-44)40-23-34-17-19-36-26-42(27-37-20-18-35(24-40)49(34)50(36)37)53-55-45(32-11-5-2-6-12-32)31-46(56-53)33-13-7-3-8-14-33;1-54-44-29-37-18-17-36-25-41(30-48-52(36)53(37)49(31-44)57(48)45-9-3-2-4-10-45)39-23-34-15-13-32-21-38(22-33-14-16-35(24-39)51(34)50(32)33)40-26-42(46-11-5-7-19-55-46)28-43(27-40)47-12-6-8-20-56-47/h2*2-31H. The molecule has 0 saturated carbocycles. The van der Waals surface area contributed by atoms with E-state index >= 15 is 0 Å². The van der Waals surface area contributed by atoms with Crippen LogP contribution in [0.3, 0.4) is 0 Å². The van der Waals surface area contributed by atoms with Crippen LogP contribution in [0.1, 0.15) is 0 Å². The average Bonchev–Trinajstić information content (AvgIpc) is 1.55. The maximum atomic E-state index is 7.83. The van der Waals surface area contributed by atoms with Gasteiger partial charge in [-0.25, -0.2) is 19.7 Å². The number of rotatable bonds is 10. The van der Waals surface area contributed by atoms with Gasteiger partial charge in [0.05, 0.1) is 47.0 Å². The van der Waals surface area contributed by atoms with E-state index in [2.05, 4.69) is 314 Å². The van der Waals surface area contributed by atoms with Gasteiger partial charge >= 0.3 is 0 Å². The molecular weight excluding hydrogens is 1390 g/mol. The summed E-state index contributed by atoms with van der Waals surface area (Å²) in [6, 6.07) is 125. The van der Waals surface area contributed by atoms with Crippen LogP contribution < -0.4 is 0 Å². The minimum atomic E-state index is 0.648. The van der Waals surface area contributed by atoms with Gasteiger partial charge in [0.15, 0.2) is 17.2 Å². The van der Waals surface area contributed by atoms with Crippen LogP contribution in [0.15, 0.2) is 364 Å². The summed E-state index contributed by atoms with van der Waals surface area (Å²) in [5.41, 5.74) is 23.8. The summed E-state index contributed by atoms with van der Waals surface area (Å²) in [6.07, 6.45) is 3.69. The Bertz CT molecular complexity index is 7350. The van der Waals surface area contributed by atoms with E-state index in [1.54, 1.807) is 0 Å². The second-order valence-electron chi connectivity index (χ2n) is 29.9. The lowest BCUT2D eigenvalue weighted by Crippen LogP contribution is -1.96. The van der Waals surface area contributed by atoms with Gasteiger partial charge in [-0.05, 0) is 289 Å². The molecule has 19 aromatic carbocycles. The molecule has 5 heterocycles. The van der Waals surface area contributed by atoms with Crippen molar-refractivity contribution in [2.45, 2.75) is 0 Å². The van der Waals surface area contributed by atoms with E-state index in [0.717, 1.165) is 111 Å². The van der Waals surface area contributed by atoms with Crippen LogP contribution in [0.2, 0.25) is 0 Å². The van der Waals surface area contributed by atoms with Gasteiger partial charge in [0, 0.05) is 84.2 Å². The first-order chi connectivity index (χ1) is 56.3. The zero-order chi connectivity index (χ0) is 75.2. The second-order valence-corrected chi connectivity index (χ2v) is 29.9. The molecule has 5 aromatic heterocycles. The van der Waals surface area contributed by atoms with Gasteiger partial charge in [-0.2, -0.15) is 0 Å². The smallest absolute Gasteiger partial charge is 0.189 e. The maximum Gasteiger partial charge on any atom is 0.189 e. The number of para-hydroxylation sites is 2. The lowest BCUT2D eigenvalue weighted by Gasteiger charge is -2.16. The van der Waals surface area contributed by atoms with Gasteiger partial charge in [-0.3, -0.25) is 9.97 Å². The van der Waals surface area contributed by atoms with Gasteiger partial charge < -0.3 is 9.13 Å². The summed E-state index contributed by atoms with van der Waals surface area (Å²) in [5, 5.41) is 24.2. The Morgan fingerprint density at radius 2 is 0.474 bits per heavy atom. The molecule has 114 heavy (non-hydrogen) atoms. The number of hydrogen-bond acceptors (Lipinski definition) is 4. The predicted molar refractivity (Wildman–Crippen MR) is 474 cm³/mol. The maximum absolute atomic E-state index is 7.83. The van der Waals surface area contributed by atoms with Gasteiger partial charge in [0.2, 0.25) is 0 Å². The number of benzene rings is 19. The Labute approximate surface area is 654 Å². The lowest BCUT2D eigenvalue weighted by atomic mass is 9.88. The molecule has 0 atom stereocenters. The number of hydrogen-bond donors (Lipinski definition) is 0. The van der Waals surface area contributed by atoms with Crippen molar-refractivity contribution in [3.8, 4) is 101 Å². The molecule has 0 saturated heterocycles. The molecule has 8 nitrogen and oxygen atoms in total. The monoisotopic (exact) mass is 1440 g/mol. The van der Waals surface area contributed by atoms with Crippen molar-refractivity contribution in [3.63, 3.8) is 0 Å². The van der Waals surface area contributed by atoms with Crippen molar-refractivity contribution in [1.29, 1.82) is 0 Å². The number of nitrogens with zero attached hydrogens (tertiary/aromatic N) is 8. The van der Waals surface area contributed by atoms with Crippen LogP contribution in [0.25, 0.3) is 241 Å². The summed E-state index contributed by atoms with van der Waals surface area (Å²) in [4.78, 5) is 27.3. The largest absolute Gasteiger partial charge is 0.310 e. The van der Waals surface area contributed by atoms with Crippen molar-refractivity contribution in [1.82, 2.24) is 29.1 Å². The van der Waals surface area contributed by atoms with Crippen molar-refractivity contribution >= 4 is 141 Å². The third-order valence-electron chi connectivity index (χ3n) is 23.2. The molecule has 0 aliphatic carbocycles. The third-order valence-corrected chi connectivity index (χ3v) is 23.2. The zero-order valence-corrected chi connectivity index (χ0v) is 61.2. The highest BCUT2D eigenvalue weighted by molar-refractivity contribution is 6.30. The molecule has 524 valence electrons.